The quantitative estimate of drug-likeness (QED) is 0.847. The average molecular weight is 257 g/mol. The molecule has 0 bridgehead atoms. The standard InChI is InChI=1S/C15H19N3O/c1-9-4-5-10(8-16)12(7-9)18-14-13(17)11-3-2-6-19-15(11)14/h4-5,7,11,13-15,18H,2-3,6,17H2,1H3. The van der Waals surface area contributed by atoms with E-state index in [1.54, 1.807) is 0 Å². The maximum atomic E-state index is 9.16. The Morgan fingerprint density at radius 3 is 3.11 bits per heavy atom. The summed E-state index contributed by atoms with van der Waals surface area (Å²) in [6.07, 6.45) is 2.47. The lowest BCUT2D eigenvalue weighted by Crippen LogP contribution is -2.69. The topological polar surface area (TPSA) is 71.1 Å². The number of fused-ring (bicyclic) bond motifs is 1. The molecule has 1 saturated carbocycles. The molecular formula is C15H19N3O. The van der Waals surface area contributed by atoms with Crippen LogP contribution in [0.25, 0.3) is 0 Å². The Bertz CT molecular complexity index is 523. The Kier molecular flexibility index (Phi) is 3.17. The summed E-state index contributed by atoms with van der Waals surface area (Å²) < 4.78 is 5.81. The van der Waals surface area contributed by atoms with Gasteiger partial charge in [-0.25, -0.2) is 0 Å². The molecule has 4 nitrogen and oxygen atoms in total. The molecule has 3 rings (SSSR count). The number of anilines is 1. The van der Waals surface area contributed by atoms with Gasteiger partial charge in [0.25, 0.3) is 0 Å². The Labute approximate surface area is 113 Å². The van der Waals surface area contributed by atoms with E-state index in [1.807, 2.05) is 25.1 Å². The number of nitriles is 1. The summed E-state index contributed by atoms with van der Waals surface area (Å²) in [6, 6.07) is 8.26. The van der Waals surface area contributed by atoms with E-state index >= 15 is 0 Å². The molecule has 0 radical (unpaired) electrons. The number of hydrogen-bond acceptors (Lipinski definition) is 4. The van der Waals surface area contributed by atoms with Gasteiger partial charge >= 0.3 is 0 Å². The highest BCUT2D eigenvalue weighted by atomic mass is 16.5. The van der Waals surface area contributed by atoms with Crippen molar-refractivity contribution in [3.8, 4) is 6.07 Å². The van der Waals surface area contributed by atoms with E-state index in [-0.39, 0.29) is 18.2 Å². The summed E-state index contributed by atoms with van der Waals surface area (Å²) in [7, 11) is 0. The maximum absolute atomic E-state index is 9.16. The van der Waals surface area contributed by atoms with Crippen LogP contribution in [0.5, 0.6) is 0 Å². The fourth-order valence-corrected chi connectivity index (χ4v) is 3.18. The summed E-state index contributed by atoms with van der Waals surface area (Å²) in [6.45, 7) is 2.85. The van der Waals surface area contributed by atoms with Crippen molar-refractivity contribution in [1.82, 2.24) is 0 Å². The number of nitrogens with one attached hydrogen (secondary N) is 1. The largest absolute Gasteiger partial charge is 0.377 e. The summed E-state index contributed by atoms with van der Waals surface area (Å²) >= 11 is 0. The van der Waals surface area contributed by atoms with Gasteiger partial charge in [0.15, 0.2) is 0 Å². The highest BCUT2D eigenvalue weighted by molar-refractivity contribution is 5.60. The van der Waals surface area contributed by atoms with Crippen molar-refractivity contribution in [1.29, 1.82) is 5.26 Å². The van der Waals surface area contributed by atoms with Gasteiger partial charge in [0, 0.05) is 18.6 Å². The van der Waals surface area contributed by atoms with Crippen molar-refractivity contribution in [3.05, 3.63) is 29.3 Å². The molecule has 1 aromatic carbocycles. The van der Waals surface area contributed by atoms with Crippen molar-refractivity contribution in [2.45, 2.75) is 38.0 Å². The molecule has 19 heavy (non-hydrogen) atoms. The minimum atomic E-state index is 0.123. The lowest BCUT2D eigenvalue weighted by Gasteiger charge is -2.52. The fourth-order valence-electron chi connectivity index (χ4n) is 3.18. The van der Waals surface area contributed by atoms with Gasteiger partial charge < -0.3 is 15.8 Å². The maximum Gasteiger partial charge on any atom is 0.101 e. The highest BCUT2D eigenvalue weighted by Gasteiger charge is 2.50. The molecule has 1 heterocycles. The van der Waals surface area contributed by atoms with Gasteiger partial charge in [-0.1, -0.05) is 6.07 Å². The van der Waals surface area contributed by atoms with Crippen LogP contribution in [-0.2, 0) is 4.74 Å². The molecule has 1 saturated heterocycles. The summed E-state index contributed by atoms with van der Waals surface area (Å²) in [5.41, 5.74) is 8.90. The van der Waals surface area contributed by atoms with Crippen molar-refractivity contribution in [2.75, 3.05) is 11.9 Å². The Morgan fingerprint density at radius 2 is 2.32 bits per heavy atom. The van der Waals surface area contributed by atoms with Crippen molar-refractivity contribution < 1.29 is 4.74 Å². The zero-order chi connectivity index (χ0) is 13.4. The minimum Gasteiger partial charge on any atom is -0.377 e. The third kappa shape index (κ3) is 2.09. The van der Waals surface area contributed by atoms with E-state index in [2.05, 4.69) is 11.4 Å². The molecule has 2 fully saturated rings. The van der Waals surface area contributed by atoms with Crippen LogP contribution in [0.4, 0.5) is 5.69 Å². The first-order valence-corrected chi connectivity index (χ1v) is 6.85. The number of ether oxygens (including phenoxy) is 1. The Balaban J connectivity index is 1.79. The van der Waals surface area contributed by atoms with Gasteiger partial charge in [0.2, 0.25) is 0 Å². The molecule has 1 aliphatic carbocycles. The number of benzene rings is 1. The molecule has 0 spiro atoms. The van der Waals surface area contributed by atoms with Crippen molar-refractivity contribution in [2.24, 2.45) is 11.7 Å². The third-order valence-corrected chi connectivity index (χ3v) is 4.29. The molecule has 2 aliphatic rings. The lowest BCUT2D eigenvalue weighted by molar-refractivity contribution is -0.104. The predicted octanol–water partition coefficient (Wildman–Crippen LogP) is 1.78. The molecular weight excluding hydrogens is 238 g/mol. The molecule has 3 N–H and O–H groups in total. The lowest BCUT2D eigenvalue weighted by atomic mass is 9.68. The summed E-state index contributed by atoms with van der Waals surface area (Å²) in [5, 5.41) is 12.6. The molecule has 4 heteroatoms. The Hall–Kier alpha value is -1.57. The molecule has 0 aromatic heterocycles. The van der Waals surface area contributed by atoms with Gasteiger partial charge in [-0.2, -0.15) is 5.26 Å². The smallest absolute Gasteiger partial charge is 0.101 e. The molecule has 1 aromatic rings. The first kappa shape index (κ1) is 12.5. The second-order valence-electron chi connectivity index (χ2n) is 5.55. The molecule has 4 unspecified atom stereocenters. The van der Waals surface area contributed by atoms with Crippen LogP contribution in [0.1, 0.15) is 24.0 Å². The SMILES string of the molecule is Cc1ccc(C#N)c(NC2C(N)C3CCCOC32)c1. The van der Waals surface area contributed by atoms with Gasteiger partial charge in [-0.15, -0.1) is 0 Å². The second kappa shape index (κ2) is 4.84. The first-order chi connectivity index (χ1) is 9.20. The average Bonchev–Trinajstić information content (AvgIpc) is 2.44. The fraction of sp³-hybridized carbons (Fsp3) is 0.533. The zero-order valence-electron chi connectivity index (χ0n) is 11.1. The monoisotopic (exact) mass is 257 g/mol. The normalized spacial score (nSPS) is 32.9. The number of nitrogens with zero attached hydrogens (tertiary/aromatic N) is 1. The Morgan fingerprint density at radius 1 is 1.47 bits per heavy atom. The van der Waals surface area contributed by atoms with Crippen LogP contribution < -0.4 is 11.1 Å². The van der Waals surface area contributed by atoms with E-state index in [1.165, 1.54) is 0 Å². The van der Waals surface area contributed by atoms with Gasteiger partial charge in [0.05, 0.1) is 23.4 Å². The summed E-state index contributed by atoms with van der Waals surface area (Å²) in [5.74, 6) is 0.474. The van der Waals surface area contributed by atoms with Crippen molar-refractivity contribution >= 4 is 5.69 Å². The number of nitrogens with two attached hydrogens (primary N) is 1. The van der Waals surface area contributed by atoms with Crippen LogP contribution in [0.15, 0.2) is 18.2 Å². The van der Waals surface area contributed by atoms with E-state index in [0.717, 1.165) is 30.7 Å². The minimum absolute atomic E-state index is 0.123. The van der Waals surface area contributed by atoms with Crippen molar-refractivity contribution in [3.63, 3.8) is 0 Å². The third-order valence-electron chi connectivity index (χ3n) is 4.29. The first-order valence-electron chi connectivity index (χ1n) is 6.85. The predicted molar refractivity (Wildman–Crippen MR) is 73.7 cm³/mol. The molecule has 100 valence electrons. The second-order valence-corrected chi connectivity index (χ2v) is 5.55. The van der Waals surface area contributed by atoms with E-state index in [4.69, 9.17) is 15.7 Å². The summed E-state index contributed by atoms with van der Waals surface area (Å²) in [4.78, 5) is 0. The van der Waals surface area contributed by atoms with Gasteiger partial charge in [0.1, 0.15) is 6.07 Å². The van der Waals surface area contributed by atoms with Crippen LogP contribution in [-0.4, -0.2) is 24.8 Å². The molecule has 4 atom stereocenters. The van der Waals surface area contributed by atoms with E-state index in [0.29, 0.717) is 11.5 Å². The number of aryl methyl sites for hydroxylation is 1. The van der Waals surface area contributed by atoms with E-state index < -0.39 is 0 Å². The number of hydrogen-bond donors (Lipinski definition) is 2. The van der Waals surface area contributed by atoms with Crippen LogP contribution >= 0.6 is 0 Å². The van der Waals surface area contributed by atoms with E-state index in [9.17, 15) is 0 Å². The number of rotatable bonds is 2. The highest BCUT2D eigenvalue weighted by Crippen LogP contribution is 2.39. The van der Waals surface area contributed by atoms with Crippen LogP contribution in [0, 0.1) is 24.2 Å². The molecule has 1 aliphatic heterocycles. The van der Waals surface area contributed by atoms with Gasteiger partial charge in [-0.3, -0.25) is 0 Å². The van der Waals surface area contributed by atoms with Crippen LogP contribution in [0.2, 0.25) is 0 Å². The van der Waals surface area contributed by atoms with Gasteiger partial charge in [-0.05, 0) is 37.5 Å². The van der Waals surface area contributed by atoms with Crippen LogP contribution in [0.3, 0.4) is 0 Å². The zero-order valence-corrected chi connectivity index (χ0v) is 11.1. The molecule has 0 amide bonds.